The molecule has 2 saturated heterocycles. The Bertz CT molecular complexity index is 508. The third kappa shape index (κ3) is 2.87. The molecule has 0 bridgehead atoms. The van der Waals surface area contributed by atoms with Crippen molar-refractivity contribution in [2.24, 2.45) is 5.92 Å². The van der Waals surface area contributed by atoms with Crippen LogP contribution >= 0.6 is 11.3 Å². The summed E-state index contributed by atoms with van der Waals surface area (Å²) in [6.45, 7) is 7.81. The van der Waals surface area contributed by atoms with Crippen LogP contribution in [-0.4, -0.2) is 36.1 Å². The topological polar surface area (TPSA) is 41.6 Å². The number of thiophene rings is 1. The first-order chi connectivity index (χ1) is 10.1. The van der Waals surface area contributed by atoms with Crippen LogP contribution in [0.3, 0.4) is 0 Å². The Balaban J connectivity index is 1.89. The van der Waals surface area contributed by atoms with Crippen LogP contribution in [0, 0.1) is 12.8 Å². The predicted octanol–water partition coefficient (Wildman–Crippen LogP) is 2.69. The smallest absolute Gasteiger partial charge is 0.241 e. The van der Waals surface area contributed by atoms with E-state index in [1.807, 2.05) is 0 Å². The highest BCUT2D eigenvalue weighted by Crippen LogP contribution is 2.35. The van der Waals surface area contributed by atoms with E-state index in [1.54, 1.807) is 11.3 Å². The van der Waals surface area contributed by atoms with E-state index >= 15 is 0 Å². The molecule has 0 spiro atoms. The van der Waals surface area contributed by atoms with Gasteiger partial charge in [-0.3, -0.25) is 10.1 Å². The molecule has 2 aliphatic heterocycles. The second kappa shape index (κ2) is 6.07. The Morgan fingerprint density at radius 3 is 2.81 bits per heavy atom. The summed E-state index contributed by atoms with van der Waals surface area (Å²) >= 11 is 1.77. The molecule has 21 heavy (non-hydrogen) atoms. The molecule has 2 fully saturated rings. The number of aryl methyl sites for hydroxylation is 1. The van der Waals surface area contributed by atoms with Gasteiger partial charge in [-0.05, 0) is 37.8 Å². The Labute approximate surface area is 130 Å². The van der Waals surface area contributed by atoms with E-state index < -0.39 is 0 Å². The molecular formula is C16H24N2O2S. The van der Waals surface area contributed by atoms with Crippen molar-refractivity contribution in [2.45, 2.75) is 51.9 Å². The maximum Gasteiger partial charge on any atom is 0.241 e. The Morgan fingerprint density at radius 1 is 1.43 bits per heavy atom. The molecule has 2 aliphatic rings. The van der Waals surface area contributed by atoms with Crippen molar-refractivity contribution < 1.29 is 9.53 Å². The van der Waals surface area contributed by atoms with E-state index in [0.29, 0.717) is 12.5 Å². The van der Waals surface area contributed by atoms with Gasteiger partial charge in [0.05, 0.1) is 18.7 Å². The molecular weight excluding hydrogens is 284 g/mol. The third-order valence-electron chi connectivity index (χ3n) is 4.36. The summed E-state index contributed by atoms with van der Waals surface area (Å²) in [6, 6.07) is 4.39. The lowest BCUT2D eigenvalue weighted by Crippen LogP contribution is -2.45. The molecule has 5 heteroatoms. The number of nitrogens with zero attached hydrogens (tertiary/aromatic N) is 1. The highest BCUT2D eigenvalue weighted by molar-refractivity contribution is 7.12. The summed E-state index contributed by atoms with van der Waals surface area (Å²) in [6.07, 6.45) is 2.09. The molecule has 4 nitrogen and oxygen atoms in total. The summed E-state index contributed by atoms with van der Waals surface area (Å²) in [5, 5.41) is 3.55. The number of carbonyl (C=O) groups excluding carboxylic acids is 1. The quantitative estimate of drug-likeness (QED) is 0.933. The van der Waals surface area contributed by atoms with Crippen LogP contribution in [0.5, 0.6) is 0 Å². The fourth-order valence-electron chi connectivity index (χ4n) is 3.24. The monoisotopic (exact) mass is 308 g/mol. The maximum absolute atomic E-state index is 12.8. The van der Waals surface area contributed by atoms with Crippen molar-refractivity contribution in [1.82, 2.24) is 10.2 Å². The van der Waals surface area contributed by atoms with Crippen molar-refractivity contribution in [3.05, 3.63) is 21.9 Å². The SMILES string of the molecule is Cc1ccc(C2NC(C(C)C)C(=O)N2C2CCCOC2)s1. The van der Waals surface area contributed by atoms with Crippen LogP contribution in [0.25, 0.3) is 0 Å². The number of carbonyl (C=O) groups is 1. The number of rotatable bonds is 3. The molecule has 0 aliphatic carbocycles. The average Bonchev–Trinajstić information content (AvgIpc) is 3.03. The lowest BCUT2D eigenvalue weighted by molar-refractivity contribution is -0.135. The highest BCUT2D eigenvalue weighted by atomic mass is 32.1. The molecule has 3 atom stereocenters. The van der Waals surface area contributed by atoms with Crippen molar-refractivity contribution in [1.29, 1.82) is 0 Å². The van der Waals surface area contributed by atoms with Crippen LogP contribution in [0.2, 0.25) is 0 Å². The molecule has 3 unspecified atom stereocenters. The molecule has 1 aromatic rings. The number of hydrogen-bond acceptors (Lipinski definition) is 4. The first-order valence-electron chi connectivity index (χ1n) is 7.80. The zero-order chi connectivity index (χ0) is 15.0. The van der Waals surface area contributed by atoms with E-state index in [9.17, 15) is 4.79 Å². The Morgan fingerprint density at radius 2 is 2.24 bits per heavy atom. The minimum atomic E-state index is -0.0840. The second-order valence-electron chi connectivity index (χ2n) is 6.36. The van der Waals surface area contributed by atoms with Crippen LogP contribution in [0.1, 0.15) is 42.6 Å². The minimum Gasteiger partial charge on any atom is -0.379 e. The summed E-state index contributed by atoms with van der Waals surface area (Å²) in [7, 11) is 0. The van der Waals surface area contributed by atoms with E-state index in [4.69, 9.17) is 4.74 Å². The standard InChI is InChI=1S/C16H24N2O2S/c1-10(2)14-16(19)18(12-5-4-8-20-9-12)15(17-14)13-7-6-11(3)21-13/h6-7,10,12,14-15,17H,4-5,8-9H2,1-3H3. The van der Waals surface area contributed by atoms with Gasteiger partial charge in [0.15, 0.2) is 0 Å². The van der Waals surface area contributed by atoms with E-state index in [1.165, 1.54) is 9.75 Å². The molecule has 3 rings (SSSR count). The van der Waals surface area contributed by atoms with Crippen molar-refractivity contribution in [2.75, 3.05) is 13.2 Å². The summed E-state index contributed by atoms with van der Waals surface area (Å²) in [5.74, 6) is 0.534. The molecule has 116 valence electrons. The van der Waals surface area contributed by atoms with Gasteiger partial charge in [-0.25, -0.2) is 0 Å². The molecule has 0 aromatic carbocycles. The average molecular weight is 308 g/mol. The zero-order valence-electron chi connectivity index (χ0n) is 13.0. The second-order valence-corrected chi connectivity index (χ2v) is 7.68. The zero-order valence-corrected chi connectivity index (χ0v) is 13.8. The number of ether oxygens (including phenoxy) is 1. The molecule has 0 saturated carbocycles. The van der Waals surface area contributed by atoms with Crippen LogP contribution in [0.4, 0.5) is 0 Å². The summed E-state index contributed by atoms with van der Waals surface area (Å²) in [4.78, 5) is 17.4. The Hall–Kier alpha value is -0.910. The van der Waals surface area contributed by atoms with Crippen molar-refractivity contribution in [3.8, 4) is 0 Å². The van der Waals surface area contributed by atoms with E-state index in [-0.39, 0.29) is 24.2 Å². The number of amides is 1. The van der Waals surface area contributed by atoms with Crippen LogP contribution < -0.4 is 5.32 Å². The third-order valence-corrected chi connectivity index (χ3v) is 5.42. The van der Waals surface area contributed by atoms with Gasteiger partial charge in [0.1, 0.15) is 6.17 Å². The number of hydrogen-bond donors (Lipinski definition) is 1. The van der Waals surface area contributed by atoms with Crippen molar-refractivity contribution in [3.63, 3.8) is 0 Å². The molecule has 1 aromatic heterocycles. The van der Waals surface area contributed by atoms with Gasteiger partial charge in [0.2, 0.25) is 5.91 Å². The van der Waals surface area contributed by atoms with Crippen LogP contribution in [-0.2, 0) is 9.53 Å². The Kier molecular flexibility index (Phi) is 4.33. The van der Waals surface area contributed by atoms with Gasteiger partial charge >= 0.3 is 0 Å². The molecule has 3 heterocycles. The van der Waals surface area contributed by atoms with Gasteiger partial charge in [0.25, 0.3) is 0 Å². The first-order valence-corrected chi connectivity index (χ1v) is 8.62. The molecule has 0 radical (unpaired) electrons. The molecule has 1 amide bonds. The number of nitrogens with one attached hydrogen (secondary N) is 1. The minimum absolute atomic E-state index is 0.00954. The first kappa shape index (κ1) is 15.0. The fourth-order valence-corrected chi connectivity index (χ4v) is 4.18. The largest absolute Gasteiger partial charge is 0.379 e. The summed E-state index contributed by atoms with van der Waals surface area (Å²) < 4.78 is 5.61. The molecule has 1 N–H and O–H groups in total. The maximum atomic E-state index is 12.8. The predicted molar refractivity (Wildman–Crippen MR) is 84.2 cm³/mol. The normalized spacial score (nSPS) is 30.4. The fraction of sp³-hybridized carbons (Fsp3) is 0.688. The van der Waals surface area contributed by atoms with Gasteiger partial charge in [-0.1, -0.05) is 13.8 Å². The summed E-state index contributed by atoms with van der Waals surface area (Å²) in [5.41, 5.74) is 0. The highest BCUT2D eigenvalue weighted by Gasteiger charge is 2.45. The van der Waals surface area contributed by atoms with E-state index in [0.717, 1.165) is 19.4 Å². The van der Waals surface area contributed by atoms with E-state index in [2.05, 4.69) is 43.1 Å². The lowest BCUT2D eigenvalue weighted by Gasteiger charge is -2.34. The lowest BCUT2D eigenvalue weighted by atomic mass is 10.0. The van der Waals surface area contributed by atoms with Gasteiger partial charge in [0, 0.05) is 16.4 Å². The van der Waals surface area contributed by atoms with Gasteiger partial charge in [-0.2, -0.15) is 0 Å². The van der Waals surface area contributed by atoms with Crippen molar-refractivity contribution >= 4 is 17.2 Å². The van der Waals surface area contributed by atoms with Crippen LogP contribution in [0.15, 0.2) is 12.1 Å². The van der Waals surface area contributed by atoms with Gasteiger partial charge < -0.3 is 9.64 Å². The van der Waals surface area contributed by atoms with Gasteiger partial charge in [-0.15, -0.1) is 11.3 Å².